The minimum atomic E-state index is 0.193. The Morgan fingerprint density at radius 2 is 2.29 bits per heavy atom. The van der Waals surface area contributed by atoms with Crippen LogP contribution in [0.15, 0.2) is 24.3 Å². The van der Waals surface area contributed by atoms with Crippen molar-refractivity contribution < 1.29 is 0 Å². The van der Waals surface area contributed by atoms with Crippen LogP contribution < -0.4 is 10.2 Å². The number of anilines is 1. The van der Waals surface area contributed by atoms with E-state index in [2.05, 4.69) is 54.3 Å². The summed E-state index contributed by atoms with van der Waals surface area (Å²) in [5.41, 5.74) is 2.62. The molecule has 2 atom stereocenters. The molecule has 1 heterocycles. The van der Waals surface area contributed by atoms with Gasteiger partial charge in [0.25, 0.3) is 0 Å². The Balaban J connectivity index is 2.39. The summed E-state index contributed by atoms with van der Waals surface area (Å²) in [5.74, 6) is 2.91. The SMILES string of the molecule is C#CC(CC)N1CC(C)NCc2ccccc21. The van der Waals surface area contributed by atoms with Crippen molar-refractivity contribution in [1.29, 1.82) is 0 Å². The lowest BCUT2D eigenvalue weighted by Gasteiger charge is -2.31. The summed E-state index contributed by atoms with van der Waals surface area (Å²) in [7, 11) is 0. The van der Waals surface area contributed by atoms with Crippen molar-refractivity contribution in [2.24, 2.45) is 0 Å². The van der Waals surface area contributed by atoms with Crippen LogP contribution in [0.2, 0.25) is 0 Å². The highest BCUT2D eigenvalue weighted by Crippen LogP contribution is 2.25. The number of para-hydroxylation sites is 1. The Labute approximate surface area is 104 Å². The topological polar surface area (TPSA) is 15.3 Å². The molecule has 1 aliphatic heterocycles. The smallest absolute Gasteiger partial charge is 0.0899 e. The van der Waals surface area contributed by atoms with E-state index in [-0.39, 0.29) is 6.04 Å². The highest BCUT2D eigenvalue weighted by atomic mass is 15.2. The summed E-state index contributed by atoms with van der Waals surface area (Å²) in [4.78, 5) is 2.36. The molecule has 0 spiro atoms. The Morgan fingerprint density at radius 3 is 3.00 bits per heavy atom. The molecule has 0 saturated heterocycles. The zero-order valence-corrected chi connectivity index (χ0v) is 10.6. The van der Waals surface area contributed by atoms with Gasteiger partial charge in [-0.3, -0.25) is 0 Å². The van der Waals surface area contributed by atoms with Crippen molar-refractivity contribution in [1.82, 2.24) is 5.32 Å². The van der Waals surface area contributed by atoms with Crippen molar-refractivity contribution >= 4 is 5.69 Å². The summed E-state index contributed by atoms with van der Waals surface area (Å²) in [6.45, 7) is 6.26. The van der Waals surface area contributed by atoms with Crippen molar-refractivity contribution in [3.05, 3.63) is 29.8 Å². The molecule has 0 aliphatic carbocycles. The van der Waals surface area contributed by atoms with Gasteiger partial charge in [0, 0.05) is 24.8 Å². The van der Waals surface area contributed by atoms with Gasteiger partial charge in [-0.25, -0.2) is 0 Å². The van der Waals surface area contributed by atoms with Crippen LogP contribution in [-0.4, -0.2) is 18.6 Å². The number of rotatable bonds is 2. The second-order valence-corrected chi connectivity index (χ2v) is 4.65. The predicted octanol–water partition coefficient (Wildman–Crippen LogP) is 2.40. The third-order valence-corrected chi connectivity index (χ3v) is 3.37. The van der Waals surface area contributed by atoms with Gasteiger partial charge in [0.2, 0.25) is 0 Å². The van der Waals surface area contributed by atoms with Gasteiger partial charge < -0.3 is 10.2 Å². The average molecular weight is 228 g/mol. The summed E-state index contributed by atoms with van der Waals surface area (Å²) in [6.07, 6.45) is 6.64. The lowest BCUT2D eigenvalue weighted by molar-refractivity contribution is 0.538. The molecule has 90 valence electrons. The van der Waals surface area contributed by atoms with E-state index in [1.807, 2.05) is 0 Å². The maximum absolute atomic E-state index is 5.66. The van der Waals surface area contributed by atoms with Gasteiger partial charge >= 0.3 is 0 Å². The van der Waals surface area contributed by atoms with Gasteiger partial charge in [0.05, 0.1) is 6.04 Å². The highest BCUT2D eigenvalue weighted by Gasteiger charge is 2.22. The number of terminal acetylenes is 1. The van der Waals surface area contributed by atoms with Crippen molar-refractivity contribution in [2.75, 3.05) is 11.4 Å². The van der Waals surface area contributed by atoms with Crippen LogP contribution >= 0.6 is 0 Å². The predicted molar refractivity (Wildman–Crippen MR) is 73.0 cm³/mol. The molecule has 0 bridgehead atoms. The van der Waals surface area contributed by atoms with Gasteiger partial charge in [0.15, 0.2) is 0 Å². The summed E-state index contributed by atoms with van der Waals surface area (Å²) < 4.78 is 0. The molecule has 0 fully saturated rings. The Kier molecular flexibility index (Phi) is 3.71. The van der Waals surface area contributed by atoms with Gasteiger partial charge in [-0.15, -0.1) is 6.42 Å². The number of hydrogen-bond acceptors (Lipinski definition) is 2. The fraction of sp³-hybridized carbons (Fsp3) is 0.467. The number of nitrogens with zero attached hydrogens (tertiary/aromatic N) is 1. The molecule has 2 heteroatoms. The van der Waals surface area contributed by atoms with Crippen molar-refractivity contribution in [3.63, 3.8) is 0 Å². The quantitative estimate of drug-likeness (QED) is 0.782. The zero-order valence-electron chi connectivity index (χ0n) is 10.6. The fourth-order valence-corrected chi connectivity index (χ4v) is 2.41. The minimum Gasteiger partial charge on any atom is -0.356 e. The highest BCUT2D eigenvalue weighted by molar-refractivity contribution is 5.56. The molecule has 1 N–H and O–H groups in total. The third kappa shape index (κ3) is 2.45. The number of fused-ring (bicyclic) bond motifs is 1. The first-order valence-electron chi connectivity index (χ1n) is 6.30. The van der Waals surface area contributed by atoms with Gasteiger partial charge in [-0.1, -0.05) is 31.0 Å². The van der Waals surface area contributed by atoms with Crippen LogP contribution in [0, 0.1) is 12.3 Å². The van der Waals surface area contributed by atoms with E-state index in [0.29, 0.717) is 6.04 Å². The first kappa shape index (κ1) is 12.0. The molecule has 1 aromatic carbocycles. The molecule has 2 unspecified atom stereocenters. The molecule has 0 radical (unpaired) electrons. The first-order valence-corrected chi connectivity index (χ1v) is 6.30. The van der Waals surface area contributed by atoms with Crippen LogP contribution in [0.25, 0.3) is 0 Å². The summed E-state index contributed by atoms with van der Waals surface area (Å²) in [6, 6.07) is 9.19. The van der Waals surface area contributed by atoms with E-state index >= 15 is 0 Å². The van der Waals surface area contributed by atoms with Gasteiger partial charge in [0.1, 0.15) is 0 Å². The number of nitrogens with one attached hydrogen (secondary N) is 1. The lowest BCUT2D eigenvalue weighted by atomic mass is 10.1. The Hall–Kier alpha value is -1.46. The average Bonchev–Trinajstić information content (AvgIpc) is 2.52. The summed E-state index contributed by atoms with van der Waals surface area (Å²) in [5, 5.41) is 3.52. The molecule has 2 nitrogen and oxygen atoms in total. The van der Waals surface area contributed by atoms with Crippen LogP contribution in [0.1, 0.15) is 25.8 Å². The lowest BCUT2D eigenvalue weighted by Crippen LogP contribution is -2.41. The van der Waals surface area contributed by atoms with E-state index in [1.165, 1.54) is 11.3 Å². The van der Waals surface area contributed by atoms with Crippen molar-refractivity contribution in [2.45, 2.75) is 38.9 Å². The van der Waals surface area contributed by atoms with E-state index in [1.54, 1.807) is 0 Å². The van der Waals surface area contributed by atoms with Crippen LogP contribution in [0.5, 0.6) is 0 Å². The maximum atomic E-state index is 5.66. The Bertz CT molecular complexity index is 419. The van der Waals surface area contributed by atoms with Crippen LogP contribution in [0.4, 0.5) is 5.69 Å². The van der Waals surface area contributed by atoms with Crippen LogP contribution in [-0.2, 0) is 6.54 Å². The maximum Gasteiger partial charge on any atom is 0.0899 e. The van der Waals surface area contributed by atoms with Crippen molar-refractivity contribution in [3.8, 4) is 12.3 Å². The van der Waals surface area contributed by atoms with E-state index in [0.717, 1.165) is 19.5 Å². The summed E-state index contributed by atoms with van der Waals surface area (Å²) >= 11 is 0. The fourth-order valence-electron chi connectivity index (χ4n) is 2.41. The third-order valence-electron chi connectivity index (χ3n) is 3.37. The van der Waals surface area contributed by atoms with Gasteiger partial charge in [-0.2, -0.15) is 0 Å². The Morgan fingerprint density at radius 1 is 1.53 bits per heavy atom. The molecular formula is C15H20N2. The molecular weight excluding hydrogens is 208 g/mol. The normalized spacial score (nSPS) is 21.2. The monoisotopic (exact) mass is 228 g/mol. The molecule has 0 aromatic heterocycles. The van der Waals surface area contributed by atoms with E-state index < -0.39 is 0 Å². The van der Waals surface area contributed by atoms with E-state index in [4.69, 9.17) is 6.42 Å². The molecule has 1 aliphatic rings. The van der Waals surface area contributed by atoms with Crippen LogP contribution in [0.3, 0.4) is 0 Å². The standard InChI is InChI=1S/C15H20N2/c1-4-14(5-2)17-11-12(3)16-10-13-8-6-7-9-15(13)17/h1,6-9,12,14,16H,5,10-11H2,2-3H3. The number of benzene rings is 1. The van der Waals surface area contributed by atoms with E-state index in [9.17, 15) is 0 Å². The second kappa shape index (κ2) is 5.25. The molecule has 0 amide bonds. The molecule has 1 aromatic rings. The first-order chi connectivity index (χ1) is 8.26. The molecule has 0 saturated carbocycles. The number of hydrogen-bond donors (Lipinski definition) is 1. The van der Waals surface area contributed by atoms with Gasteiger partial charge in [-0.05, 0) is 25.0 Å². The minimum absolute atomic E-state index is 0.193. The largest absolute Gasteiger partial charge is 0.356 e. The molecule has 2 rings (SSSR count). The zero-order chi connectivity index (χ0) is 12.3. The molecule has 17 heavy (non-hydrogen) atoms. The second-order valence-electron chi connectivity index (χ2n) is 4.65.